The first-order valence-electron chi connectivity index (χ1n) is 5.81. The molecule has 1 aromatic rings. The second-order valence-electron chi connectivity index (χ2n) is 4.20. The topological polar surface area (TPSA) is 66.1 Å². The molecule has 0 atom stereocenters. The summed E-state index contributed by atoms with van der Waals surface area (Å²) >= 11 is 0. The number of amides is 2. The Morgan fingerprint density at radius 1 is 1.50 bits per heavy atom. The summed E-state index contributed by atoms with van der Waals surface area (Å²) in [4.78, 5) is 24.6. The van der Waals surface area contributed by atoms with Gasteiger partial charge in [-0.2, -0.15) is 5.10 Å². The maximum absolute atomic E-state index is 11.9. The standard InChI is InChI=1S/C13H15N3O2/c1-9-11(10(2)15-14-9)6-7-13(18)16-8-4-3-5-12(16)17/h3,5-7H,4,8H2,1-2H3,(H,14,15). The zero-order chi connectivity index (χ0) is 13.1. The van der Waals surface area contributed by atoms with E-state index in [1.54, 1.807) is 12.2 Å². The fourth-order valence-corrected chi connectivity index (χ4v) is 1.86. The molecular weight excluding hydrogens is 230 g/mol. The summed E-state index contributed by atoms with van der Waals surface area (Å²) in [6.07, 6.45) is 7.04. The smallest absolute Gasteiger partial charge is 0.253 e. The Morgan fingerprint density at radius 2 is 2.28 bits per heavy atom. The van der Waals surface area contributed by atoms with Crippen molar-refractivity contribution in [1.82, 2.24) is 15.1 Å². The van der Waals surface area contributed by atoms with Crippen molar-refractivity contribution in [1.29, 1.82) is 0 Å². The van der Waals surface area contributed by atoms with Crippen molar-refractivity contribution in [3.8, 4) is 0 Å². The van der Waals surface area contributed by atoms with E-state index in [0.717, 1.165) is 23.4 Å². The highest BCUT2D eigenvalue weighted by molar-refractivity contribution is 6.06. The normalized spacial score (nSPS) is 15.7. The van der Waals surface area contributed by atoms with Gasteiger partial charge < -0.3 is 0 Å². The molecule has 0 bridgehead atoms. The molecule has 0 fully saturated rings. The lowest BCUT2D eigenvalue weighted by molar-refractivity contribution is -0.139. The Labute approximate surface area is 105 Å². The SMILES string of the molecule is Cc1n[nH]c(C)c1C=CC(=O)N1CCC=CC1=O. The van der Waals surface area contributed by atoms with E-state index in [9.17, 15) is 9.59 Å². The van der Waals surface area contributed by atoms with Crippen LogP contribution in [0.1, 0.15) is 23.4 Å². The summed E-state index contributed by atoms with van der Waals surface area (Å²) in [7, 11) is 0. The van der Waals surface area contributed by atoms with Crippen LogP contribution in [-0.2, 0) is 9.59 Å². The number of nitrogens with zero attached hydrogens (tertiary/aromatic N) is 2. The molecule has 5 heteroatoms. The first-order valence-corrected chi connectivity index (χ1v) is 5.81. The molecule has 0 aromatic carbocycles. The van der Waals surface area contributed by atoms with Crippen LogP contribution in [-0.4, -0.2) is 33.5 Å². The lowest BCUT2D eigenvalue weighted by Crippen LogP contribution is -2.37. The van der Waals surface area contributed by atoms with E-state index >= 15 is 0 Å². The number of aromatic amines is 1. The summed E-state index contributed by atoms with van der Waals surface area (Å²) < 4.78 is 0. The molecule has 2 heterocycles. The molecule has 0 saturated carbocycles. The number of hydrogen-bond donors (Lipinski definition) is 1. The Hall–Kier alpha value is -2.17. The van der Waals surface area contributed by atoms with Gasteiger partial charge in [0, 0.05) is 23.9 Å². The van der Waals surface area contributed by atoms with Gasteiger partial charge in [0.15, 0.2) is 0 Å². The third-order valence-electron chi connectivity index (χ3n) is 2.89. The first kappa shape index (κ1) is 12.3. The largest absolute Gasteiger partial charge is 0.282 e. The summed E-state index contributed by atoms with van der Waals surface area (Å²) in [5.41, 5.74) is 2.63. The Bertz CT molecular complexity index is 521. The molecule has 1 aliphatic rings. The lowest BCUT2D eigenvalue weighted by Gasteiger charge is -2.19. The third-order valence-corrected chi connectivity index (χ3v) is 2.89. The summed E-state index contributed by atoms with van der Waals surface area (Å²) in [6.45, 7) is 4.20. The van der Waals surface area contributed by atoms with Crippen LogP contribution >= 0.6 is 0 Å². The van der Waals surface area contributed by atoms with Crippen molar-refractivity contribution >= 4 is 17.9 Å². The number of aryl methyl sites for hydroxylation is 2. The molecule has 1 aliphatic heterocycles. The van der Waals surface area contributed by atoms with Crippen molar-refractivity contribution in [3.05, 3.63) is 35.2 Å². The van der Waals surface area contributed by atoms with Crippen molar-refractivity contribution in [2.75, 3.05) is 6.54 Å². The fraction of sp³-hybridized carbons (Fsp3) is 0.308. The van der Waals surface area contributed by atoms with Gasteiger partial charge in [-0.15, -0.1) is 0 Å². The molecule has 0 saturated heterocycles. The number of imide groups is 1. The maximum Gasteiger partial charge on any atom is 0.253 e. The predicted octanol–water partition coefficient (Wildman–Crippen LogP) is 1.35. The van der Waals surface area contributed by atoms with Crippen LogP contribution in [0.5, 0.6) is 0 Å². The summed E-state index contributed by atoms with van der Waals surface area (Å²) in [5, 5.41) is 6.89. The van der Waals surface area contributed by atoms with Gasteiger partial charge in [-0.05, 0) is 32.4 Å². The monoisotopic (exact) mass is 245 g/mol. The molecule has 2 amide bonds. The molecule has 0 spiro atoms. The van der Waals surface area contributed by atoms with Crippen LogP contribution in [0.4, 0.5) is 0 Å². The van der Waals surface area contributed by atoms with E-state index in [0.29, 0.717) is 6.54 Å². The van der Waals surface area contributed by atoms with Gasteiger partial charge in [0.25, 0.3) is 11.8 Å². The quantitative estimate of drug-likeness (QED) is 0.800. The predicted molar refractivity (Wildman–Crippen MR) is 67.6 cm³/mol. The van der Waals surface area contributed by atoms with Crippen LogP contribution in [0.25, 0.3) is 6.08 Å². The van der Waals surface area contributed by atoms with Crippen LogP contribution < -0.4 is 0 Å². The van der Waals surface area contributed by atoms with Gasteiger partial charge >= 0.3 is 0 Å². The van der Waals surface area contributed by atoms with Crippen molar-refractivity contribution in [2.45, 2.75) is 20.3 Å². The van der Waals surface area contributed by atoms with Gasteiger partial charge in [0.1, 0.15) is 0 Å². The fourth-order valence-electron chi connectivity index (χ4n) is 1.86. The van der Waals surface area contributed by atoms with E-state index in [-0.39, 0.29) is 11.8 Å². The van der Waals surface area contributed by atoms with Gasteiger partial charge in [-0.3, -0.25) is 19.6 Å². The average Bonchev–Trinajstić information content (AvgIpc) is 2.67. The minimum atomic E-state index is -0.288. The molecule has 0 radical (unpaired) electrons. The highest BCUT2D eigenvalue weighted by Crippen LogP contribution is 2.12. The number of nitrogens with one attached hydrogen (secondary N) is 1. The van der Waals surface area contributed by atoms with Gasteiger partial charge in [-0.1, -0.05) is 6.08 Å². The molecule has 18 heavy (non-hydrogen) atoms. The highest BCUT2D eigenvalue weighted by atomic mass is 16.2. The number of hydrogen-bond acceptors (Lipinski definition) is 3. The molecule has 94 valence electrons. The van der Waals surface area contributed by atoms with E-state index < -0.39 is 0 Å². The molecular formula is C13H15N3O2. The van der Waals surface area contributed by atoms with Crippen LogP contribution in [0, 0.1) is 13.8 Å². The number of carbonyl (C=O) groups is 2. The second-order valence-corrected chi connectivity index (χ2v) is 4.20. The van der Waals surface area contributed by atoms with Gasteiger partial charge in [-0.25, -0.2) is 0 Å². The van der Waals surface area contributed by atoms with E-state index in [2.05, 4.69) is 10.2 Å². The Morgan fingerprint density at radius 3 is 2.89 bits per heavy atom. The number of H-pyrrole nitrogens is 1. The molecule has 2 rings (SSSR count). The Balaban J connectivity index is 2.12. The summed E-state index contributed by atoms with van der Waals surface area (Å²) in [6, 6.07) is 0. The number of aromatic nitrogens is 2. The highest BCUT2D eigenvalue weighted by Gasteiger charge is 2.19. The van der Waals surface area contributed by atoms with E-state index in [1.807, 2.05) is 13.8 Å². The third kappa shape index (κ3) is 2.40. The molecule has 0 unspecified atom stereocenters. The van der Waals surface area contributed by atoms with Crippen LogP contribution in [0.2, 0.25) is 0 Å². The zero-order valence-corrected chi connectivity index (χ0v) is 10.4. The van der Waals surface area contributed by atoms with E-state index in [4.69, 9.17) is 0 Å². The van der Waals surface area contributed by atoms with Crippen molar-refractivity contribution in [3.63, 3.8) is 0 Å². The van der Waals surface area contributed by atoms with Gasteiger partial charge in [0.05, 0.1) is 5.69 Å². The minimum absolute atomic E-state index is 0.253. The van der Waals surface area contributed by atoms with Gasteiger partial charge in [0.2, 0.25) is 0 Å². The number of carbonyl (C=O) groups excluding carboxylic acids is 2. The maximum atomic E-state index is 11.9. The average molecular weight is 245 g/mol. The minimum Gasteiger partial charge on any atom is -0.282 e. The number of rotatable bonds is 2. The molecule has 1 aromatic heterocycles. The molecule has 1 N–H and O–H groups in total. The first-order chi connectivity index (χ1) is 8.59. The second kappa shape index (κ2) is 5.00. The lowest BCUT2D eigenvalue weighted by atomic mass is 10.1. The molecule has 5 nitrogen and oxygen atoms in total. The van der Waals surface area contributed by atoms with Crippen molar-refractivity contribution < 1.29 is 9.59 Å². The summed E-state index contributed by atoms with van der Waals surface area (Å²) in [5.74, 6) is -0.541. The zero-order valence-electron chi connectivity index (χ0n) is 10.4. The van der Waals surface area contributed by atoms with Crippen LogP contribution in [0.3, 0.4) is 0 Å². The van der Waals surface area contributed by atoms with Crippen LogP contribution in [0.15, 0.2) is 18.2 Å². The van der Waals surface area contributed by atoms with Crippen molar-refractivity contribution in [2.24, 2.45) is 0 Å². The Kier molecular flexibility index (Phi) is 3.41. The van der Waals surface area contributed by atoms with E-state index in [1.165, 1.54) is 17.1 Å². The molecule has 0 aliphatic carbocycles.